The summed E-state index contributed by atoms with van der Waals surface area (Å²) in [4.78, 5) is 20.4. The van der Waals surface area contributed by atoms with Crippen molar-refractivity contribution in [3.63, 3.8) is 0 Å². The lowest BCUT2D eigenvalue weighted by atomic mass is 10.3. The highest BCUT2D eigenvalue weighted by atomic mass is 32.1. The van der Waals surface area contributed by atoms with Crippen molar-refractivity contribution in [3.05, 3.63) is 41.7 Å². The molecular formula is C15H16FN3O2S. The summed E-state index contributed by atoms with van der Waals surface area (Å²) in [5.74, 6) is 0.122. The molecule has 22 heavy (non-hydrogen) atoms. The first-order valence-electron chi connectivity index (χ1n) is 7.03. The summed E-state index contributed by atoms with van der Waals surface area (Å²) in [6.07, 6.45) is 1.79. The molecular weight excluding hydrogens is 305 g/mol. The lowest BCUT2D eigenvalue weighted by molar-refractivity contribution is -0.133. The predicted molar refractivity (Wildman–Crippen MR) is 82.8 cm³/mol. The summed E-state index contributed by atoms with van der Waals surface area (Å²) in [6, 6.07) is 5.66. The third-order valence-electron chi connectivity index (χ3n) is 3.50. The molecule has 0 N–H and O–H groups in total. The number of halogens is 1. The number of aromatic nitrogens is 1. The Morgan fingerprint density at radius 2 is 1.95 bits per heavy atom. The van der Waals surface area contributed by atoms with Gasteiger partial charge in [-0.15, -0.1) is 11.3 Å². The number of amides is 1. The number of thiazole rings is 1. The van der Waals surface area contributed by atoms with Gasteiger partial charge in [-0.25, -0.2) is 9.37 Å². The van der Waals surface area contributed by atoms with E-state index in [1.165, 1.54) is 24.3 Å². The van der Waals surface area contributed by atoms with Crippen LogP contribution in [-0.2, 0) is 4.79 Å². The molecule has 7 heteroatoms. The topological polar surface area (TPSA) is 45.7 Å². The van der Waals surface area contributed by atoms with E-state index in [0.29, 0.717) is 18.8 Å². The van der Waals surface area contributed by atoms with Crippen molar-refractivity contribution in [2.24, 2.45) is 0 Å². The van der Waals surface area contributed by atoms with Crippen LogP contribution in [0.5, 0.6) is 5.75 Å². The Morgan fingerprint density at radius 1 is 1.23 bits per heavy atom. The fourth-order valence-electron chi connectivity index (χ4n) is 2.29. The number of rotatable bonds is 4. The first-order valence-corrected chi connectivity index (χ1v) is 7.91. The van der Waals surface area contributed by atoms with E-state index in [2.05, 4.69) is 9.88 Å². The quantitative estimate of drug-likeness (QED) is 0.864. The van der Waals surface area contributed by atoms with Crippen LogP contribution in [0.2, 0.25) is 0 Å². The van der Waals surface area contributed by atoms with Gasteiger partial charge in [0.25, 0.3) is 5.91 Å². The number of carbonyl (C=O) groups is 1. The molecule has 0 aliphatic carbocycles. The van der Waals surface area contributed by atoms with Crippen LogP contribution in [0.1, 0.15) is 0 Å². The van der Waals surface area contributed by atoms with Crippen molar-refractivity contribution >= 4 is 22.4 Å². The van der Waals surface area contributed by atoms with Gasteiger partial charge in [0, 0.05) is 37.8 Å². The molecule has 1 saturated heterocycles. The van der Waals surface area contributed by atoms with Gasteiger partial charge < -0.3 is 14.5 Å². The first-order chi connectivity index (χ1) is 10.7. The minimum absolute atomic E-state index is 0.0249. The zero-order chi connectivity index (χ0) is 15.4. The summed E-state index contributed by atoms with van der Waals surface area (Å²) in [6.45, 7) is 2.84. The lowest BCUT2D eigenvalue weighted by Gasteiger charge is -2.34. The second-order valence-corrected chi connectivity index (χ2v) is 5.80. The zero-order valence-corrected chi connectivity index (χ0v) is 12.8. The molecule has 2 aromatic rings. The standard InChI is InChI=1S/C15H16FN3O2S/c16-12-1-3-13(4-2-12)21-11-14(20)18-6-8-19(9-7-18)15-17-5-10-22-15/h1-5,10H,6-9,11H2. The highest BCUT2D eigenvalue weighted by Crippen LogP contribution is 2.19. The van der Waals surface area contributed by atoms with Crippen LogP contribution in [-0.4, -0.2) is 48.6 Å². The SMILES string of the molecule is O=C(COc1ccc(F)cc1)N1CCN(c2nccs2)CC1. The van der Waals surface area contributed by atoms with E-state index in [0.717, 1.165) is 18.2 Å². The van der Waals surface area contributed by atoms with E-state index in [1.54, 1.807) is 22.4 Å². The number of carbonyl (C=O) groups excluding carboxylic acids is 1. The molecule has 3 rings (SSSR count). The highest BCUT2D eigenvalue weighted by molar-refractivity contribution is 7.13. The average Bonchev–Trinajstić information content (AvgIpc) is 3.09. The Kier molecular flexibility index (Phi) is 4.53. The largest absolute Gasteiger partial charge is 0.484 e. The summed E-state index contributed by atoms with van der Waals surface area (Å²) in [5, 5.41) is 2.94. The number of hydrogen-bond acceptors (Lipinski definition) is 5. The highest BCUT2D eigenvalue weighted by Gasteiger charge is 2.22. The summed E-state index contributed by atoms with van der Waals surface area (Å²) in [5.41, 5.74) is 0. The van der Waals surface area contributed by atoms with Gasteiger partial charge >= 0.3 is 0 Å². The number of anilines is 1. The normalized spacial score (nSPS) is 15.0. The van der Waals surface area contributed by atoms with Crippen LogP contribution >= 0.6 is 11.3 Å². The number of benzene rings is 1. The van der Waals surface area contributed by atoms with E-state index in [4.69, 9.17) is 4.74 Å². The smallest absolute Gasteiger partial charge is 0.260 e. The fourth-order valence-corrected chi connectivity index (χ4v) is 2.98. The van der Waals surface area contributed by atoms with Crippen LogP contribution in [0.4, 0.5) is 9.52 Å². The van der Waals surface area contributed by atoms with Crippen LogP contribution in [0, 0.1) is 5.82 Å². The second-order valence-electron chi connectivity index (χ2n) is 4.93. The van der Waals surface area contributed by atoms with Crippen molar-refractivity contribution in [1.29, 1.82) is 0 Å². The third kappa shape index (κ3) is 3.54. The summed E-state index contributed by atoms with van der Waals surface area (Å²) >= 11 is 1.60. The maximum Gasteiger partial charge on any atom is 0.260 e. The molecule has 0 spiro atoms. The molecule has 5 nitrogen and oxygen atoms in total. The van der Waals surface area contributed by atoms with Crippen molar-refractivity contribution in [1.82, 2.24) is 9.88 Å². The van der Waals surface area contributed by atoms with Crippen molar-refractivity contribution < 1.29 is 13.9 Å². The minimum Gasteiger partial charge on any atom is -0.484 e. The molecule has 1 fully saturated rings. The third-order valence-corrected chi connectivity index (χ3v) is 4.33. The van der Waals surface area contributed by atoms with E-state index < -0.39 is 0 Å². The number of ether oxygens (including phenoxy) is 1. The summed E-state index contributed by atoms with van der Waals surface area (Å²) < 4.78 is 18.2. The van der Waals surface area contributed by atoms with Crippen LogP contribution < -0.4 is 9.64 Å². The Balaban J connectivity index is 1.46. The average molecular weight is 321 g/mol. The number of nitrogens with zero attached hydrogens (tertiary/aromatic N) is 3. The van der Waals surface area contributed by atoms with Gasteiger partial charge in [0.1, 0.15) is 11.6 Å². The fraction of sp³-hybridized carbons (Fsp3) is 0.333. The van der Waals surface area contributed by atoms with Crippen molar-refractivity contribution in [3.8, 4) is 5.75 Å². The molecule has 1 aromatic carbocycles. The molecule has 116 valence electrons. The Hall–Kier alpha value is -2.15. The van der Waals surface area contributed by atoms with Crippen LogP contribution in [0.15, 0.2) is 35.8 Å². The molecule has 0 radical (unpaired) electrons. The van der Waals surface area contributed by atoms with E-state index in [-0.39, 0.29) is 18.3 Å². The Bertz CT molecular complexity index is 610. The monoisotopic (exact) mass is 321 g/mol. The molecule has 0 atom stereocenters. The van der Waals surface area contributed by atoms with Crippen molar-refractivity contribution in [2.75, 3.05) is 37.7 Å². The van der Waals surface area contributed by atoms with E-state index in [1.807, 2.05) is 5.38 Å². The van der Waals surface area contributed by atoms with E-state index >= 15 is 0 Å². The maximum absolute atomic E-state index is 12.8. The molecule has 0 unspecified atom stereocenters. The van der Waals surface area contributed by atoms with Gasteiger partial charge in [-0.2, -0.15) is 0 Å². The first kappa shape index (κ1) is 14.8. The molecule has 2 heterocycles. The number of piperazine rings is 1. The Morgan fingerprint density at radius 3 is 2.59 bits per heavy atom. The maximum atomic E-state index is 12.8. The van der Waals surface area contributed by atoms with E-state index in [9.17, 15) is 9.18 Å². The molecule has 1 amide bonds. The van der Waals surface area contributed by atoms with Crippen molar-refractivity contribution in [2.45, 2.75) is 0 Å². The predicted octanol–water partition coefficient (Wildman–Crippen LogP) is 2.01. The van der Waals surface area contributed by atoms with Gasteiger partial charge in [-0.05, 0) is 24.3 Å². The van der Waals surface area contributed by atoms with Gasteiger partial charge in [0.15, 0.2) is 11.7 Å². The minimum atomic E-state index is -0.322. The molecule has 0 bridgehead atoms. The lowest BCUT2D eigenvalue weighted by Crippen LogP contribution is -2.50. The molecule has 0 saturated carbocycles. The Labute approximate surface area is 131 Å². The second kappa shape index (κ2) is 6.74. The number of hydrogen-bond donors (Lipinski definition) is 0. The molecule has 1 aliphatic heterocycles. The zero-order valence-electron chi connectivity index (χ0n) is 11.9. The molecule has 1 aliphatic rings. The summed E-state index contributed by atoms with van der Waals surface area (Å²) in [7, 11) is 0. The van der Waals surface area contributed by atoms with Gasteiger partial charge in [0.05, 0.1) is 0 Å². The van der Waals surface area contributed by atoms with Crippen LogP contribution in [0.3, 0.4) is 0 Å². The van der Waals surface area contributed by atoms with Gasteiger partial charge in [-0.1, -0.05) is 0 Å². The van der Waals surface area contributed by atoms with Gasteiger partial charge in [-0.3, -0.25) is 4.79 Å². The van der Waals surface area contributed by atoms with Gasteiger partial charge in [0.2, 0.25) is 0 Å². The van der Waals surface area contributed by atoms with Crippen LogP contribution in [0.25, 0.3) is 0 Å². The molecule has 1 aromatic heterocycles.